The van der Waals surface area contributed by atoms with E-state index in [2.05, 4.69) is 0 Å². The van der Waals surface area contributed by atoms with Crippen molar-refractivity contribution in [3.63, 3.8) is 0 Å². The highest BCUT2D eigenvalue weighted by Crippen LogP contribution is 2.40. The van der Waals surface area contributed by atoms with E-state index in [0.29, 0.717) is 23.6 Å². The largest absolute Gasteiger partial charge is 0.507 e. The van der Waals surface area contributed by atoms with E-state index in [4.69, 9.17) is 9.15 Å². The van der Waals surface area contributed by atoms with Crippen LogP contribution < -0.4 is 4.74 Å². The van der Waals surface area contributed by atoms with Gasteiger partial charge >= 0.3 is 0 Å². The number of ether oxygens (including phenoxy) is 1. The van der Waals surface area contributed by atoms with Crippen LogP contribution in [0, 0.1) is 6.92 Å². The van der Waals surface area contributed by atoms with Crippen LogP contribution in [0.2, 0.25) is 0 Å². The number of rotatable bonds is 6. The summed E-state index contributed by atoms with van der Waals surface area (Å²) in [7, 11) is 1.57. The number of nitrogens with zero attached hydrogens (tertiary/aromatic N) is 1. The Kier molecular flexibility index (Phi) is 5.35. The van der Waals surface area contributed by atoms with Gasteiger partial charge in [-0.15, -0.1) is 0 Å². The molecular formula is C21H23NO5. The van der Waals surface area contributed by atoms with Crippen molar-refractivity contribution in [1.29, 1.82) is 0 Å². The predicted octanol–water partition coefficient (Wildman–Crippen LogP) is 3.82. The minimum Gasteiger partial charge on any atom is -0.507 e. The monoisotopic (exact) mass is 369 g/mol. The molecule has 3 rings (SSSR count). The summed E-state index contributed by atoms with van der Waals surface area (Å²) in [5.74, 6) is -0.385. The van der Waals surface area contributed by atoms with Gasteiger partial charge in [0, 0.05) is 12.1 Å². The van der Waals surface area contributed by atoms with E-state index in [1.54, 1.807) is 37.4 Å². The van der Waals surface area contributed by atoms with Crippen molar-refractivity contribution in [1.82, 2.24) is 4.90 Å². The number of methoxy groups -OCH3 is 1. The average molecular weight is 369 g/mol. The summed E-state index contributed by atoms with van der Waals surface area (Å²) in [4.78, 5) is 26.8. The molecule has 0 spiro atoms. The molecule has 1 aromatic heterocycles. The SMILES string of the molecule is CCCCN1C(=O)C(=O)/C(=C(\O)c2ccc(OC)c(C)c2)C1c1ccco1. The van der Waals surface area contributed by atoms with Gasteiger partial charge in [-0.3, -0.25) is 9.59 Å². The highest BCUT2D eigenvalue weighted by Gasteiger charge is 2.47. The third-order valence-electron chi connectivity index (χ3n) is 4.77. The van der Waals surface area contributed by atoms with Gasteiger partial charge in [0.2, 0.25) is 0 Å². The van der Waals surface area contributed by atoms with Gasteiger partial charge in [-0.2, -0.15) is 0 Å². The van der Waals surface area contributed by atoms with Crippen molar-refractivity contribution < 1.29 is 23.8 Å². The first-order valence-electron chi connectivity index (χ1n) is 8.96. The zero-order valence-electron chi connectivity index (χ0n) is 15.7. The van der Waals surface area contributed by atoms with Crippen molar-refractivity contribution in [2.45, 2.75) is 32.7 Å². The second kappa shape index (κ2) is 7.70. The van der Waals surface area contributed by atoms with Crippen LogP contribution in [0.4, 0.5) is 0 Å². The smallest absolute Gasteiger partial charge is 0.295 e. The van der Waals surface area contributed by atoms with Crippen molar-refractivity contribution in [2.24, 2.45) is 0 Å². The van der Waals surface area contributed by atoms with Crippen molar-refractivity contribution in [3.8, 4) is 5.75 Å². The highest BCUT2D eigenvalue weighted by molar-refractivity contribution is 6.46. The molecule has 0 radical (unpaired) electrons. The summed E-state index contributed by atoms with van der Waals surface area (Å²) in [6.45, 7) is 4.28. The number of unbranched alkanes of at least 4 members (excludes halogenated alkanes) is 1. The lowest BCUT2D eigenvalue weighted by molar-refractivity contribution is -0.140. The third kappa shape index (κ3) is 3.35. The van der Waals surface area contributed by atoms with E-state index in [1.165, 1.54) is 11.2 Å². The summed E-state index contributed by atoms with van der Waals surface area (Å²) in [5, 5.41) is 10.9. The molecule has 1 aliphatic heterocycles. The van der Waals surface area contributed by atoms with Crippen molar-refractivity contribution in [3.05, 3.63) is 59.1 Å². The van der Waals surface area contributed by atoms with Gasteiger partial charge in [0.15, 0.2) is 0 Å². The number of amides is 1. The normalized spacial score (nSPS) is 18.9. The fraction of sp³-hybridized carbons (Fsp3) is 0.333. The summed E-state index contributed by atoms with van der Waals surface area (Å²) < 4.78 is 10.7. The first kappa shape index (κ1) is 18.8. The first-order chi connectivity index (χ1) is 13.0. The fourth-order valence-electron chi connectivity index (χ4n) is 3.36. The zero-order chi connectivity index (χ0) is 19.6. The molecule has 0 saturated carbocycles. The molecule has 27 heavy (non-hydrogen) atoms. The van der Waals surface area contributed by atoms with E-state index in [1.807, 2.05) is 13.8 Å². The van der Waals surface area contributed by atoms with Crippen LogP contribution in [0.15, 0.2) is 46.6 Å². The minimum atomic E-state index is -0.728. The number of aliphatic hydroxyl groups excluding tert-OH is 1. The van der Waals surface area contributed by atoms with Gasteiger partial charge in [-0.05, 0) is 49.2 Å². The molecule has 6 heteroatoms. The van der Waals surface area contributed by atoms with E-state index in [9.17, 15) is 14.7 Å². The Morgan fingerprint density at radius 2 is 2.07 bits per heavy atom. The van der Waals surface area contributed by atoms with Crippen LogP contribution in [0.3, 0.4) is 0 Å². The molecule has 2 aromatic rings. The second-order valence-corrected chi connectivity index (χ2v) is 6.55. The molecule has 0 aliphatic carbocycles. The lowest BCUT2D eigenvalue weighted by Gasteiger charge is -2.23. The molecular weight excluding hydrogens is 346 g/mol. The Balaban J connectivity index is 2.12. The summed E-state index contributed by atoms with van der Waals surface area (Å²) in [6.07, 6.45) is 3.13. The van der Waals surface area contributed by atoms with Gasteiger partial charge in [0.25, 0.3) is 11.7 Å². The Morgan fingerprint density at radius 3 is 2.67 bits per heavy atom. The third-order valence-corrected chi connectivity index (χ3v) is 4.77. The number of aliphatic hydroxyl groups is 1. The molecule has 0 bridgehead atoms. The lowest BCUT2D eigenvalue weighted by atomic mass is 9.98. The van der Waals surface area contributed by atoms with E-state index >= 15 is 0 Å². The molecule has 1 aliphatic rings. The molecule has 1 amide bonds. The molecule has 1 N–H and O–H groups in total. The topological polar surface area (TPSA) is 80.0 Å². The quantitative estimate of drug-likeness (QED) is 0.476. The summed E-state index contributed by atoms with van der Waals surface area (Å²) in [5.41, 5.74) is 1.32. The van der Waals surface area contributed by atoms with E-state index < -0.39 is 17.7 Å². The minimum absolute atomic E-state index is 0.0515. The maximum Gasteiger partial charge on any atom is 0.295 e. The van der Waals surface area contributed by atoms with Crippen LogP contribution in [-0.2, 0) is 9.59 Å². The number of hydrogen-bond acceptors (Lipinski definition) is 5. The molecule has 1 fully saturated rings. The summed E-state index contributed by atoms with van der Waals surface area (Å²) in [6, 6.07) is 7.80. The Hall–Kier alpha value is -3.02. The summed E-state index contributed by atoms with van der Waals surface area (Å²) >= 11 is 0. The number of benzene rings is 1. The first-order valence-corrected chi connectivity index (χ1v) is 8.96. The average Bonchev–Trinajstić information content (AvgIpc) is 3.27. The predicted molar refractivity (Wildman–Crippen MR) is 100 cm³/mol. The zero-order valence-corrected chi connectivity index (χ0v) is 15.7. The molecule has 2 heterocycles. The maximum atomic E-state index is 12.7. The number of likely N-dealkylation sites (tertiary alicyclic amines) is 1. The van der Waals surface area contributed by atoms with E-state index in [-0.39, 0.29) is 11.3 Å². The van der Waals surface area contributed by atoms with Crippen LogP contribution >= 0.6 is 0 Å². The Morgan fingerprint density at radius 1 is 1.30 bits per heavy atom. The number of Topliss-reactive ketones (excluding diaryl/α,β-unsaturated/α-hetero) is 1. The standard InChI is InChI=1S/C21H23NO5/c1-4-5-10-22-18(16-7-6-11-27-16)17(20(24)21(22)25)19(23)14-8-9-15(26-3)13(2)12-14/h6-9,11-12,18,23H,4-5,10H2,1-3H3/b19-17-. The van der Waals surface area contributed by atoms with Crippen LogP contribution in [0.1, 0.15) is 42.7 Å². The van der Waals surface area contributed by atoms with Gasteiger partial charge < -0.3 is 19.2 Å². The Bertz CT molecular complexity index is 882. The van der Waals surface area contributed by atoms with Gasteiger partial charge in [0.05, 0.1) is 18.9 Å². The second-order valence-electron chi connectivity index (χ2n) is 6.55. The lowest BCUT2D eigenvalue weighted by Crippen LogP contribution is -2.30. The number of carbonyl (C=O) groups excluding carboxylic acids is 2. The van der Waals surface area contributed by atoms with Crippen LogP contribution in [-0.4, -0.2) is 35.4 Å². The highest BCUT2D eigenvalue weighted by atomic mass is 16.5. The van der Waals surface area contributed by atoms with Crippen LogP contribution in [0.25, 0.3) is 5.76 Å². The Labute approximate surface area is 158 Å². The fourth-order valence-corrected chi connectivity index (χ4v) is 3.36. The molecule has 1 saturated heterocycles. The number of hydrogen-bond donors (Lipinski definition) is 1. The maximum absolute atomic E-state index is 12.7. The van der Waals surface area contributed by atoms with Gasteiger partial charge in [-0.25, -0.2) is 0 Å². The number of furan rings is 1. The molecule has 1 unspecified atom stereocenters. The van der Waals surface area contributed by atoms with Crippen LogP contribution in [0.5, 0.6) is 5.75 Å². The molecule has 1 atom stereocenters. The molecule has 1 aromatic carbocycles. The number of carbonyl (C=O) groups is 2. The van der Waals surface area contributed by atoms with Crippen molar-refractivity contribution >= 4 is 17.4 Å². The van der Waals surface area contributed by atoms with E-state index in [0.717, 1.165) is 18.4 Å². The van der Waals surface area contributed by atoms with Crippen molar-refractivity contribution in [2.75, 3.05) is 13.7 Å². The number of aryl methyl sites for hydroxylation is 1. The molecule has 142 valence electrons. The van der Waals surface area contributed by atoms with Gasteiger partial charge in [0.1, 0.15) is 23.3 Å². The number of ketones is 1. The van der Waals surface area contributed by atoms with Gasteiger partial charge in [-0.1, -0.05) is 13.3 Å². The molecule has 6 nitrogen and oxygen atoms in total.